The predicted octanol–water partition coefficient (Wildman–Crippen LogP) is 3.72. The maximum atomic E-state index is 12.1. The van der Waals surface area contributed by atoms with Crippen LogP contribution in [-0.2, 0) is 11.2 Å². The van der Waals surface area contributed by atoms with Gasteiger partial charge in [-0.05, 0) is 48.9 Å². The molecule has 2 N–H and O–H groups in total. The summed E-state index contributed by atoms with van der Waals surface area (Å²) in [6.45, 7) is 4.14. The lowest BCUT2D eigenvalue weighted by molar-refractivity contribution is -0.122. The predicted molar refractivity (Wildman–Crippen MR) is 88.1 cm³/mol. The van der Waals surface area contributed by atoms with Crippen LogP contribution in [0.3, 0.4) is 0 Å². The van der Waals surface area contributed by atoms with Crippen LogP contribution in [0.15, 0.2) is 18.2 Å². The van der Waals surface area contributed by atoms with Gasteiger partial charge >= 0.3 is 0 Å². The normalized spacial score (nSPS) is 17.5. The van der Waals surface area contributed by atoms with Gasteiger partial charge < -0.3 is 15.0 Å². The van der Waals surface area contributed by atoms with E-state index >= 15 is 0 Å². The molecule has 1 aromatic carbocycles. The third kappa shape index (κ3) is 2.82. The van der Waals surface area contributed by atoms with Crippen LogP contribution < -0.4 is 10.1 Å². The minimum Gasteiger partial charge on any atom is -0.497 e. The fourth-order valence-corrected chi connectivity index (χ4v) is 3.34. The average molecular weight is 300 g/mol. The standard InChI is InChI=1S/C18H24N2O2/c1-11(2)9-17(21)19-16-6-4-5-13-14-10-12(22-3)7-8-15(14)20-18(13)16/h7-8,10-11,16,20H,4-6,9H2,1-3H3,(H,19,21)/t16-/m0/s1. The molecule has 22 heavy (non-hydrogen) atoms. The molecule has 118 valence electrons. The highest BCUT2D eigenvalue weighted by Crippen LogP contribution is 2.36. The number of aromatic nitrogens is 1. The monoisotopic (exact) mass is 300 g/mol. The van der Waals surface area contributed by atoms with Crippen molar-refractivity contribution in [1.29, 1.82) is 0 Å². The number of hydrogen-bond donors (Lipinski definition) is 2. The third-order valence-electron chi connectivity index (χ3n) is 4.34. The number of ether oxygens (including phenoxy) is 1. The van der Waals surface area contributed by atoms with E-state index in [1.165, 1.54) is 16.6 Å². The van der Waals surface area contributed by atoms with E-state index in [0.717, 1.165) is 30.5 Å². The van der Waals surface area contributed by atoms with Gasteiger partial charge in [-0.25, -0.2) is 0 Å². The molecular weight excluding hydrogens is 276 g/mol. The van der Waals surface area contributed by atoms with Crippen LogP contribution in [0.25, 0.3) is 10.9 Å². The van der Waals surface area contributed by atoms with Crippen molar-refractivity contribution in [3.63, 3.8) is 0 Å². The lowest BCUT2D eigenvalue weighted by atomic mass is 9.91. The van der Waals surface area contributed by atoms with Crippen molar-refractivity contribution in [2.24, 2.45) is 5.92 Å². The summed E-state index contributed by atoms with van der Waals surface area (Å²) in [5.41, 5.74) is 3.62. The molecule has 3 rings (SSSR count). The van der Waals surface area contributed by atoms with Crippen molar-refractivity contribution in [1.82, 2.24) is 10.3 Å². The summed E-state index contributed by atoms with van der Waals surface area (Å²) in [5.74, 6) is 1.40. The van der Waals surface area contributed by atoms with Crippen molar-refractivity contribution >= 4 is 16.8 Å². The Morgan fingerprint density at radius 2 is 2.27 bits per heavy atom. The largest absolute Gasteiger partial charge is 0.497 e. The topological polar surface area (TPSA) is 54.1 Å². The second-order valence-electron chi connectivity index (χ2n) is 6.54. The van der Waals surface area contributed by atoms with E-state index in [1.807, 2.05) is 6.07 Å². The Hall–Kier alpha value is -1.97. The molecule has 0 aliphatic heterocycles. The van der Waals surface area contributed by atoms with E-state index in [0.29, 0.717) is 12.3 Å². The van der Waals surface area contributed by atoms with Gasteiger partial charge in [0.05, 0.1) is 13.2 Å². The number of aryl methyl sites for hydroxylation is 1. The molecule has 0 spiro atoms. The fourth-order valence-electron chi connectivity index (χ4n) is 3.34. The minimum absolute atomic E-state index is 0.105. The first-order chi connectivity index (χ1) is 10.6. The number of nitrogens with one attached hydrogen (secondary N) is 2. The lowest BCUT2D eigenvalue weighted by Gasteiger charge is -2.24. The Labute approximate surface area is 131 Å². The number of benzene rings is 1. The molecule has 0 fully saturated rings. The number of carbonyl (C=O) groups excluding carboxylic acids is 1. The minimum atomic E-state index is 0.105. The Morgan fingerprint density at radius 3 is 3.00 bits per heavy atom. The Balaban J connectivity index is 1.91. The molecule has 0 radical (unpaired) electrons. The van der Waals surface area contributed by atoms with Crippen LogP contribution in [0.4, 0.5) is 0 Å². The third-order valence-corrected chi connectivity index (χ3v) is 4.34. The summed E-state index contributed by atoms with van der Waals surface area (Å²) in [6.07, 6.45) is 3.74. The number of fused-ring (bicyclic) bond motifs is 3. The molecule has 4 nitrogen and oxygen atoms in total. The molecule has 1 amide bonds. The van der Waals surface area contributed by atoms with Gasteiger partial charge in [0, 0.05) is 23.0 Å². The molecule has 4 heteroatoms. The van der Waals surface area contributed by atoms with Gasteiger partial charge in [0.25, 0.3) is 0 Å². The van der Waals surface area contributed by atoms with Crippen LogP contribution >= 0.6 is 0 Å². The smallest absolute Gasteiger partial charge is 0.220 e. The molecule has 0 saturated carbocycles. The van der Waals surface area contributed by atoms with E-state index < -0.39 is 0 Å². The Morgan fingerprint density at radius 1 is 1.45 bits per heavy atom. The SMILES string of the molecule is COc1ccc2[nH]c3c(c2c1)CCC[C@@H]3NC(=O)CC(C)C. The van der Waals surface area contributed by atoms with E-state index in [1.54, 1.807) is 7.11 Å². The van der Waals surface area contributed by atoms with E-state index in [9.17, 15) is 4.79 Å². The van der Waals surface area contributed by atoms with Crippen molar-refractivity contribution in [3.8, 4) is 5.75 Å². The number of H-pyrrole nitrogens is 1. The fraction of sp³-hybridized carbons (Fsp3) is 0.500. The highest BCUT2D eigenvalue weighted by Gasteiger charge is 2.25. The van der Waals surface area contributed by atoms with Gasteiger partial charge in [-0.2, -0.15) is 0 Å². The number of aromatic amines is 1. The van der Waals surface area contributed by atoms with Crippen LogP contribution in [0.5, 0.6) is 5.75 Å². The molecule has 0 unspecified atom stereocenters. The lowest BCUT2D eigenvalue weighted by Crippen LogP contribution is -2.31. The Kier molecular flexibility index (Phi) is 4.10. The van der Waals surface area contributed by atoms with Crippen molar-refractivity contribution in [2.45, 2.75) is 45.6 Å². The van der Waals surface area contributed by atoms with Gasteiger partial charge in [0.1, 0.15) is 5.75 Å². The average Bonchev–Trinajstić information content (AvgIpc) is 2.85. The van der Waals surface area contributed by atoms with Gasteiger partial charge in [-0.15, -0.1) is 0 Å². The molecule has 1 heterocycles. The molecule has 0 bridgehead atoms. The summed E-state index contributed by atoms with van der Waals surface area (Å²) in [5, 5.41) is 4.41. The van der Waals surface area contributed by atoms with Crippen LogP contribution in [-0.4, -0.2) is 18.0 Å². The van der Waals surface area contributed by atoms with E-state index in [-0.39, 0.29) is 11.9 Å². The molecule has 1 aliphatic rings. The van der Waals surface area contributed by atoms with E-state index in [4.69, 9.17) is 4.74 Å². The highest BCUT2D eigenvalue weighted by atomic mass is 16.5. The number of methoxy groups -OCH3 is 1. The first-order valence-corrected chi connectivity index (χ1v) is 8.06. The van der Waals surface area contributed by atoms with Crippen molar-refractivity contribution in [2.75, 3.05) is 7.11 Å². The second-order valence-corrected chi connectivity index (χ2v) is 6.54. The van der Waals surface area contributed by atoms with Crippen LogP contribution in [0, 0.1) is 5.92 Å². The maximum absolute atomic E-state index is 12.1. The molecule has 1 atom stereocenters. The van der Waals surface area contributed by atoms with Gasteiger partial charge in [-0.3, -0.25) is 4.79 Å². The summed E-state index contributed by atoms with van der Waals surface area (Å²) >= 11 is 0. The molecule has 1 aliphatic carbocycles. The first kappa shape index (κ1) is 14.9. The molecule has 1 aromatic heterocycles. The van der Waals surface area contributed by atoms with Gasteiger partial charge in [0.2, 0.25) is 5.91 Å². The highest BCUT2D eigenvalue weighted by molar-refractivity contribution is 5.87. The number of hydrogen-bond acceptors (Lipinski definition) is 2. The van der Waals surface area contributed by atoms with Crippen LogP contribution in [0.2, 0.25) is 0 Å². The maximum Gasteiger partial charge on any atom is 0.220 e. The van der Waals surface area contributed by atoms with Gasteiger partial charge in [-0.1, -0.05) is 13.8 Å². The summed E-state index contributed by atoms with van der Waals surface area (Å²) in [4.78, 5) is 15.6. The molecule has 2 aromatic rings. The number of amides is 1. The van der Waals surface area contributed by atoms with Crippen molar-refractivity contribution < 1.29 is 9.53 Å². The summed E-state index contributed by atoms with van der Waals surface area (Å²) in [6, 6.07) is 6.22. The zero-order valence-electron chi connectivity index (χ0n) is 13.5. The number of rotatable bonds is 4. The first-order valence-electron chi connectivity index (χ1n) is 8.06. The quantitative estimate of drug-likeness (QED) is 0.904. The number of carbonyl (C=O) groups is 1. The van der Waals surface area contributed by atoms with Crippen LogP contribution in [0.1, 0.15) is 50.4 Å². The van der Waals surface area contributed by atoms with Crippen molar-refractivity contribution in [3.05, 3.63) is 29.5 Å². The zero-order chi connectivity index (χ0) is 15.7. The van der Waals surface area contributed by atoms with Gasteiger partial charge in [0.15, 0.2) is 0 Å². The molecular formula is C18H24N2O2. The Bertz CT molecular complexity index is 688. The van der Waals surface area contributed by atoms with E-state index in [2.05, 4.69) is 36.3 Å². The second kappa shape index (κ2) is 6.03. The zero-order valence-corrected chi connectivity index (χ0v) is 13.5. The summed E-state index contributed by atoms with van der Waals surface area (Å²) < 4.78 is 5.33. The summed E-state index contributed by atoms with van der Waals surface area (Å²) in [7, 11) is 1.69. The molecule has 0 saturated heterocycles.